The molecule has 0 aliphatic carbocycles. The molecule has 1 rings (SSSR count). The number of amides is 1. The number of hydrogen-bond acceptors (Lipinski definition) is 2. The number of carbonyl (C=O) groups is 1. The van der Waals surface area contributed by atoms with Gasteiger partial charge in [-0.2, -0.15) is 0 Å². The van der Waals surface area contributed by atoms with E-state index in [0.717, 1.165) is 0 Å². The van der Waals surface area contributed by atoms with E-state index in [9.17, 15) is 9.18 Å². The highest BCUT2D eigenvalue weighted by atomic mass is 32.1. The number of thiocarbonyl (C=S) groups is 1. The predicted octanol–water partition coefficient (Wildman–Crippen LogP) is 1.80. The fraction of sp³-hybridized carbons (Fsp3) is 0.385. The van der Waals surface area contributed by atoms with Gasteiger partial charge < -0.3 is 11.1 Å². The van der Waals surface area contributed by atoms with Gasteiger partial charge in [0.25, 0.3) is 0 Å². The number of nitrogens with one attached hydrogen (secondary N) is 1. The summed E-state index contributed by atoms with van der Waals surface area (Å²) in [7, 11) is 0. The summed E-state index contributed by atoms with van der Waals surface area (Å²) in [6.45, 7) is 3.85. The van der Waals surface area contributed by atoms with Crippen LogP contribution < -0.4 is 11.1 Å². The maximum atomic E-state index is 13.0. The van der Waals surface area contributed by atoms with E-state index >= 15 is 0 Å². The van der Waals surface area contributed by atoms with Crippen LogP contribution in [-0.2, 0) is 11.2 Å². The highest BCUT2D eigenvalue weighted by molar-refractivity contribution is 7.80. The molecular weight excluding hydrogens is 251 g/mol. The zero-order valence-electron chi connectivity index (χ0n) is 10.4. The molecule has 1 aromatic rings. The normalized spacial score (nSPS) is 12.2. The van der Waals surface area contributed by atoms with Crippen LogP contribution in [0.15, 0.2) is 24.3 Å². The van der Waals surface area contributed by atoms with Gasteiger partial charge in [0.1, 0.15) is 5.82 Å². The third-order valence-corrected chi connectivity index (χ3v) is 2.80. The number of benzene rings is 1. The molecular formula is C13H17FN2OS. The molecule has 98 valence electrons. The number of nitrogens with two attached hydrogens (primary N) is 1. The summed E-state index contributed by atoms with van der Waals surface area (Å²) < 4.78 is 13.0. The molecule has 1 aromatic carbocycles. The molecule has 0 aliphatic heterocycles. The molecule has 0 bridgehead atoms. The van der Waals surface area contributed by atoms with Crippen LogP contribution in [0.4, 0.5) is 4.39 Å². The van der Waals surface area contributed by atoms with Crippen molar-refractivity contribution in [2.75, 3.05) is 0 Å². The first kappa shape index (κ1) is 14.6. The smallest absolute Gasteiger partial charge is 0.224 e. The Hall–Kier alpha value is -1.49. The Balaban J connectivity index is 2.63. The SMILES string of the molecule is CC(C)C(NC(=O)Cc1cccc(F)c1)C(N)=S. The van der Waals surface area contributed by atoms with Gasteiger partial charge in [0.05, 0.1) is 17.5 Å². The molecule has 1 unspecified atom stereocenters. The van der Waals surface area contributed by atoms with E-state index in [1.54, 1.807) is 12.1 Å². The molecule has 3 N–H and O–H groups in total. The molecule has 5 heteroatoms. The lowest BCUT2D eigenvalue weighted by atomic mass is 10.0. The maximum absolute atomic E-state index is 13.0. The molecule has 3 nitrogen and oxygen atoms in total. The average Bonchev–Trinajstić information content (AvgIpc) is 2.25. The van der Waals surface area contributed by atoms with Crippen molar-refractivity contribution in [2.45, 2.75) is 26.3 Å². The summed E-state index contributed by atoms with van der Waals surface area (Å²) in [4.78, 5) is 12.1. The summed E-state index contributed by atoms with van der Waals surface area (Å²) in [5.74, 6) is -0.443. The van der Waals surface area contributed by atoms with Crippen LogP contribution in [0.25, 0.3) is 0 Å². The van der Waals surface area contributed by atoms with E-state index in [1.165, 1.54) is 12.1 Å². The second-order valence-electron chi connectivity index (χ2n) is 4.50. The van der Waals surface area contributed by atoms with Gasteiger partial charge in [-0.1, -0.05) is 38.2 Å². The van der Waals surface area contributed by atoms with Gasteiger partial charge in [-0.15, -0.1) is 0 Å². The zero-order chi connectivity index (χ0) is 13.7. The van der Waals surface area contributed by atoms with Gasteiger partial charge in [-0.05, 0) is 23.6 Å². The molecule has 1 amide bonds. The first-order valence-electron chi connectivity index (χ1n) is 5.73. The maximum Gasteiger partial charge on any atom is 0.224 e. The van der Waals surface area contributed by atoms with Crippen molar-refractivity contribution in [1.29, 1.82) is 0 Å². The van der Waals surface area contributed by atoms with Crippen LogP contribution in [0.1, 0.15) is 19.4 Å². The Morgan fingerprint density at radius 3 is 2.67 bits per heavy atom. The molecule has 0 saturated carbocycles. The number of rotatable bonds is 5. The van der Waals surface area contributed by atoms with Crippen LogP contribution in [0.2, 0.25) is 0 Å². The quantitative estimate of drug-likeness (QED) is 0.801. The van der Waals surface area contributed by atoms with E-state index in [-0.39, 0.29) is 35.1 Å². The molecule has 1 atom stereocenters. The molecule has 0 spiro atoms. The van der Waals surface area contributed by atoms with Crippen molar-refractivity contribution in [3.8, 4) is 0 Å². The minimum Gasteiger partial charge on any atom is -0.392 e. The van der Waals surface area contributed by atoms with Gasteiger partial charge in [0.15, 0.2) is 0 Å². The summed E-state index contributed by atoms with van der Waals surface area (Å²) >= 11 is 4.90. The second-order valence-corrected chi connectivity index (χ2v) is 4.97. The Bertz CT molecular complexity index is 448. The van der Waals surface area contributed by atoms with E-state index in [2.05, 4.69) is 5.32 Å². The van der Waals surface area contributed by atoms with E-state index in [4.69, 9.17) is 18.0 Å². The number of halogens is 1. The van der Waals surface area contributed by atoms with Gasteiger partial charge in [0, 0.05) is 0 Å². The number of hydrogen-bond donors (Lipinski definition) is 2. The molecule has 0 heterocycles. The van der Waals surface area contributed by atoms with Gasteiger partial charge in [-0.3, -0.25) is 4.79 Å². The molecule has 0 aliphatic rings. The van der Waals surface area contributed by atoms with Gasteiger partial charge in [0.2, 0.25) is 5.91 Å². The zero-order valence-corrected chi connectivity index (χ0v) is 11.3. The van der Waals surface area contributed by atoms with Crippen LogP contribution in [0.5, 0.6) is 0 Å². The van der Waals surface area contributed by atoms with Crippen LogP contribution in [-0.4, -0.2) is 16.9 Å². The minimum absolute atomic E-state index is 0.115. The van der Waals surface area contributed by atoms with Crippen molar-refractivity contribution < 1.29 is 9.18 Å². The molecule has 0 aromatic heterocycles. The lowest BCUT2D eigenvalue weighted by Gasteiger charge is -2.21. The largest absolute Gasteiger partial charge is 0.392 e. The third kappa shape index (κ3) is 4.41. The average molecular weight is 268 g/mol. The minimum atomic E-state index is -0.352. The first-order chi connectivity index (χ1) is 8.40. The van der Waals surface area contributed by atoms with Gasteiger partial charge >= 0.3 is 0 Å². The lowest BCUT2D eigenvalue weighted by Crippen LogP contribution is -2.47. The fourth-order valence-electron chi connectivity index (χ4n) is 1.62. The van der Waals surface area contributed by atoms with Crippen molar-refractivity contribution >= 4 is 23.1 Å². The Morgan fingerprint density at radius 1 is 1.50 bits per heavy atom. The highest BCUT2D eigenvalue weighted by Gasteiger charge is 2.18. The molecule has 0 fully saturated rings. The summed E-state index contributed by atoms with van der Waals surface area (Å²) in [6, 6.07) is 5.62. The van der Waals surface area contributed by atoms with Gasteiger partial charge in [-0.25, -0.2) is 4.39 Å². The monoisotopic (exact) mass is 268 g/mol. The van der Waals surface area contributed by atoms with E-state index in [1.807, 2.05) is 13.8 Å². The highest BCUT2D eigenvalue weighted by Crippen LogP contribution is 2.06. The second kappa shape index (κ2) is 6.44. The molecule has 0 saturated heterocycles. The Labute approximate surface area is 112 Å². The van der Waals surface area contributed by atoms with Crippen LogP contribution in [0, 0.1) is 11.7 Å². The van der Waals surface area contributed by atoms with E-state index in [0.29, 0.717) is 5.56 Å². The lowest BCUT2D eigenvalue weighted by molar-refractivity contribution is -0.120. The number of carbonyl (C=O) groups excluding carboxylic acids is 1. The van der Waals surface area contributed by atoms with Crippen LogP contribution >= 0.6 is 12.2 Å². The van der Waals surface area contributed by atoms with E-state index < -0.39 is 0 Å². The van der Waals surface area contributed by atoms with Crippen molar-refractivity contribution in [3.63, 3.8) is 0 Å². The third-order valence-electron chi connectivity index (χ3n) is 2.54. The van der Waals surface area contributed by atoms with Crippen LogP contribution in [0.3, 0.4) is 0 Å². The molecule has 0 radical (unpaired) electrons. The summed E-state index contributed by atoms with van der Waals surface area (Å²) in [5, 5.41) is 2.76. The van der Waals surface area contributed by atoms with Crippen molar-refractivity contribution in [2.24, 2.45) is 11.7 Å². The topological polar surface area (TPSA) is 55.1 Å². The van der Waals surface area contributed by atoms with Crippen molar-refractivity contribution in [1.82, 2.24) is 5.32 Å². The Morgan fingerprint density at radius 2 is 2.17 bits per heavy atom. The Kier molecular flexibility index (Phi) is 5.22. The fourth-order valence-corrected chi connectivity index (χ4v) is 1.95. The summed E-state index contributed by atoms with van der Waals surface area (Å²) in [6.07, 6.45) is 0.115. The standard InChI is InChI=1S/C13H17FN2OS/c1-8(2)12(13(15)18)16-11(17)7-9-4-3-5-10(14)6-9/h3-6,8,12H,7H2,1-2H3,(H2,15,18)(H,16,17). The summed E-state index contributed by atoms with van der Waals surface area (Å²) in [5.41, 5.74) is 6.18. The van der Waals surface area contributed by atoms with Crippen molar-refractivity contribution in [3.05, 3.63) is 35.6 Å². The first-order valence-corrected chi connectivity index (χ1v) is 6.14. The molecule has 18 heavy (non-hydrogen) atoms. The predicted molar refractivity (Wildman–Crippen MR) is 73.7 cm³/mol.